The summed E-state index contributed by atoms with van der Waals surface area (Å²) in [6.45, 7) is 4.26. The van der Waals surface area contributed by atoms with Gasteiger partial charge in [-0.05, 0) is 37.7 Å². The van der Waals surface area contributed by atoms with Crippen LogP contribution in [0, 0.1) is 5.92 Å². The minimum absolute atomic E-state index is 0.262. The monoisotopic (exact) mass is 441 g/mol. The molecule has 6 nitrogen and oxygen atoms in total. The van der Waals surface area contributed by atoms with Crippen LogP contribution in [0.2, 0.25) is 0 Å². The molecule has 1 aliphatic rings. The van der Waals surface area contributed by atoms with E-state index in [1.807, 2.05) is 35.7 Å². The predicted octanol–water partition coefficient (Wildman–Crippen LogP) is 5.82. The summed E-state index contributed by atoms with van der Waals surface area (Å²) in [4.78, 5) is 31.1. The molecular formula is C22H23N3O3S2. The molecule has 1 unspecified atom stereocenters. The lowest BCUT2D eigenvalue weighted by Crippen LogP contribution is -2.20. The first kappa shape index (κ1) is 20.6. The van der Waals surface area contributed by atoms with Gasteiger partial charge in [0.1, 0.15) is 10.6 Å². The Hall–Kier alpha value is -2.71. The number of urea groups is 1. The standard InChI is InChI=1S/C22H23N3O3S2/c1-3-28-20(26)18-15(14-7-5-4-6-8-14)12-29-19(18)24-21(27)25-22-23-16-10-9-13(2)11-17(16)30-22/h4-8,12-13H,3,9-11H2,1-2H3,(H2,23,24,25,27). The summed E-state index contributed by atoms with van der Waals surface area (Å²) < 4.78 is 5.24. The maximum Gasteiger partial charge on any atom is 0.341 e. The van der Waals surface area contributed by atoms with Gasteiger partial charge < -0.3 is 4.74 Å². The van der Waals surface area contributed by atoms with Gasteiger partial charge in [0.15, 0.2) is 5.13 Å². The normalized spacial score (nSPS) is 15.3. The topological polar surface area (TPSA) is 80.3 Å². The number of aryl methyl sites for hydroxylation is 1. The molecule has 0 aliphatic heterocycles. The van der Waals surface area contributed by atoms with E-state index in [0.717, 1.165) is 36.1 Å². The number of hydrogen-bond acceptors (Lipinski definition) is 6. The molecule has 30 heavy (non-hydrogen) atoms. The Bertz CT molecular complexity index is 1060. The molecule has 0 saturated heterocycles. The summed E-state index contributed by atoms with van der Waals surface area (Å²) in [7, 11) is 0. The van der Waals surface area contributed by atoms with Gasteiger partial charge in [-0.3, -0.25) is 10.6 Å². The van der Waals surface area contributed by atoms with Gasteiger partial charge in [0.2, 0.25) is 0 Å². The summed E-state index contributed by atoms with van der Waals surface area (Å²) in [5.74, 6) is 0.195. The summed E-state index contributed by atoms with van der Waals surface area (Å²) in [6, 6.07) is 9.17. The van der Waals surface area contributed by atoms with Crippen LogP contribution in [0.3, 0.4) is 0 Å². The van der Waals surface area contributed by atoms with Crippen LogP contribution in [-0.2, 0) is 17.6 Å². The zero-order chi connectivity index (χ0) is 21.1. The van der Waals surface area contributed by atoms with Gasteiger partial charge in [0, 0.05) is 15.8 Å². The Kier molecular flexibility index (Phi) is 6.15. The molecule has 1 atom stereocenters. The molecule has 0 spiro atoms. The quantitative estimate of drug-likeness (QED) is 0.489. The van der Waals surface area contributed by atoms with E-state index in [4.69, 9.17) is 4.74 Å². The van der Waals surface area contributed by atoms with Crippen molar-refractivity contribution in [2.24, 2.45) is 5.92 Å². The second-order valence-electron chi connectivity index (χ2n) is 7.26. The van der Waals surface area contributed by atoms with E-state index >= 15 is 0 Å². The van der Waals surface area contributed by atoms with Crippen molar-refractivity contribution in [1.29, 1.82) is 0 Å². The van der Waals surface area contributed by atoms with Crippen LogP contribution in [0.5, 0.6) is 0 Å². The fraction of sp³-hybridized carbons (Fsp3) is 0.318. The van der Waals surface area contributed by atoms with E-state index < -0.39 is 12.0 Å². The first-order valence-electron chi connectivity index (χ1n) is 9.95. The van der Waals surface area contributed by atoms with Crippen LogP contribution in [0.15, 0.2) is 35.7 Å². The SMILES string of the molecule is CCOC(=O)c1c(-c2ccccc2)csc1NC(=O)Nc1nc2c(s1)CC(C)CC2. The van der Waals surface area contributed by atoms with Crippen LogP contribution < -0.4 is 10.6 Å². The smallest absolute Gasteiger partial charge is 0.341 e. The average Bonchev–Trinajstić information content (AvgIpc) is 3.32. The number of fused-ring (bicyclic) bond motifs is 1. The van der Waals surface area contributed by atoms with Crippen molar-refractivity contribution in [3.63, 3.8) is 0 Å². The van der Waals surface area contributed by atoms with Crippen LogP contribution in [-0.4, -0.2) is 23.6 Å². The number of anilines is 2. The maximum atomic E-state index is 12.6. The number of carbonyl (C=O) groups is 2. The molecule has 2 aromatic heterocycles. The number of esters is 1. The highest BCUT2D eigenvalue weighted by Gasteiger charge is 2.24. The van der Waals surface area contributed by atoms with Crippen molar-refractivity contribution in [2.45, 2.75) is 33.1 Å². The van der Waals surface area contributed by atoms with E-state index in [1.165, 1.54) is 27.6 Å². The fourth-order valence-electron chi connectivity index (χ4n) is 3.51. The second-order valence-corrected chi connectivity index (χ2v) is 9.22. The molecule has 0 bridgehead atoms. The van der Waals surface area contributed by atoms with Gasteiger partial charge in [-0.15, -0.1) is 22.7 Å². The van der Waals surface area contributed by atoms with Crippen molar-refractivity contribution in [3.8, 4) is 11.1 Å². The Morgan fingerprint density at radius 2 is 2.03 bits per heavy atom. The summed E-state index contributed by atoms with van der Waals surface area (Å²) in [5.41, 5.74) is 3.10. The largest absolute Gasteiger partial charge is 0.462 e. The maximum absolute atomic E-state index is 12.6. The first-order chi connectivity index (χ1) is 14.5. The Labute approximate surface area is 183 Å². The molecule has 3 aromatic rings. The van der Waals surface area contributed by atoms with E-state index in [9.17, 15) is 9.59 Å². The number of thiazole rings is 1. The van der Waals surface area contributed by atoms with Crippen molar-refractivity contribution >= 4 is 44.8 Å². The Balaban J connectivity index is 1.54. The summed E-state index contributed by atoms with van der Waals surface area (Å²) >= 11 is 2.83. The third-order valence-electron chi connectivity index (χ3n) is 4.99. The summed E-state index contributed by atoms with van der Waals surface area (Å²) in [5, 5.41) is 8.54. The lowest BCUT2D eigenvalue weighted by atomic mass is 9.93. The van der Waals surface area contributed by atoms with Crippen molar-refractivity contribution < 1.29 is 14.3 Å². The van der Waals surface area contributed by atoms with E-state index in [1.54, 1.807) is 6.92 Å². The van der Waals surface area contributed by atoms with Crippen molar-refractivity contribution in [1.82, 2.24) is 4.98 Å². The third-order valence-corrected chi connectivity index (χ3v) is 6.92. The predicted molar refractivity (Wildman–Crippen MR) is 122 cm³/mol. The highest BCUT2D eigenvalue weighted by molar-refractivity contribution is 7.16. The number of hydrogen-bond donors (Lipinski definition) is 2. The number of rotatable bonds is 5. The molecule has 2 N–H and O–H groups in total. The van der Waals surface area contributed by atoms with Crippen LogP contribution >= 0.6 is 22.7 Å². The third kappa shape index (κ3) is 4.39. The van der Waals surface area contributed by atoms with Gasteiger partial charge in [-0.25, -0.2) is 14.6 Å². The number of ether oxygens (including phenoxy) is 1. The molecule has 8 heteroatoms. The molecular weight excluding hydrogens is 418 g/mol. The van der Waals surface area contributed by atoms with Gasteiger partial charge >= 0.3 is 12.0 Å². The molecule has 0 fully saturated rings. The number of amides is 2. The van der Waals surface area contributed by atoms with Gasteiger partial charge in [0.25, 0.3) is 0 Å². The second kappa shape index (κ2) is 8.97. The lowest BCUT2D eigenvalue weighted by Gasteiger charge is -2.15. The number of thiophene rings is 1. The van der Waals surface area contributed by atoms with E-state index in [-0.39, 0.29) is 6.61 Å². The van der Waals surface area contributed by atoms with E-state index in [0.29, 0.717) is 21.6 Å². The molecule has 4 rings (SSSR count). The zero-order valence-electron chi connectivity index (χ0n) is 16.9. The average molecular weight is 442 g/mol. The van der Waals surface area contributed by atoms with E-state index in [2.05, 4.69) is 22.5 Å². The molecule has 1 aliphatic carbocycles. The Morgan fingerprint density at radius 1 is 1.23 bits per heavy atom. The highest BCUT2D eigenvalue weighted by Crippen LogP contribution is 2.37. The number of nitrogens with zero attached hydrogens (tertiary/aromatic N) is 1. The number of aromatic nitrogens is 1. The molecule has 2 amide bonds. The Morgan fingerprint density at radius 3 is 2.80 bits per heavy atom. The highest BCUT2D eigenvalue weighted by atomic mass is 32.1. The number of carbonyl (C=O) groups excluding carboxylic acids is 2. The minimum Gasteiger partial charge on any atom is -0.462 e. The van der Waals surface area contributed by atoms with Crippen molar-refractivity contribution in [3.05, 3.63) is 51.8 Å². The lowest BCUT2D eigenvalue weighted by molar-refractivity contribution is 0.0529. The molecule has 2 heterocycles. The van der Waals surface area contributed by atoms with Crippen LogP contribution in [0.25, 0.3) is 11.1 Å². The zero-order valence-corrected chi connectivity index (χ0v) is 18.5. The molecule has 0 saturated carbocycles. The fourth-order valence-corrected chi connectivity index (χ4v) is 5.63. The number of benzene rings is 1. The molecule has 156 valence electrons. The van der Waals surface area contributed by atoms with Crippen molar-refractivity contribution in [2.75, 3.05) is 17.2 Å². The van der Waals surface area contributed by atoms with Gasteiger partial charge in [0.05, 0.1) is 12.3 Å². The van der Waals surface area contributed by atoms with Gasteiger partial charge in [-0.1, -0.05) is 37.3 Å². The minimum atomic E-state index is -0.452. The number of nitrogens with one attached hydrogen (secondary N) is 2. The van der Waals surface area contributed by atoms with Crippen LogP contribution in [0.4, 0.5) is 14.9 Å². The summed E-state index contributed by atoms with van der Waals surface area (Å²) in [6.07, 6.45) is 3.09. The van der Waals surface area contributed by atoms with Gasteiger partial charge in [-0.2, -0.15) is 0 Å². The molecule has 1 aromatic carbocycles. The van der Waals surface area contributed by atoms with Crippen LogP contribution in [0.1, 0.15) is 41.2 Å². The first-order valence-corrected chi connectivity index (χ1v) is 11.6. The molecule has 0 radical (unpaired) electrons.